The van der Waals surface area contributed by atoms with Crippen LogP contribution in [0.5, 0.6) is 0 Å². The van der Waals surface area contributed by atoms with E-state index in [2.05, 4.69) is 5.48 Å². The van der Waals surface area contributed by atoms with E-state index in [-0.39, 0.29) is 11.6 Å². The summed E-state index contributed by atoms with van der Waals surface area (Å²) in [4.78, 5) is 34.3. The summed E-state index contributed by atoms with van der Waals surface area (Å²) < 4.78 is 0. The molecule has 0 radical (unpaired) electrons. The molecule has 9 heteroatoms. The summed E-state index contributed by atoms with van der Waals surface area (Å²) in [6, 6.07) is 18.9. The van der Waals surface area contributed by atoms with Crippen molar-refractivity contribution in [1.82, 2.24) is 10.4 Å². The molecule has 7 nitrogen and oxygen atoms in total. The highest BCUT2D eigenvalue weighted by Crippen LogP contribution is 2.46. The molecule has 0 aliphatic carbocycles. The quantitative estimate of drug-likeness (QED) is 0.379. The minimum Gasteiger partial charge on any atom is -0.394 e. The Morgan fingerprint density at radius 2 is 1.75 bits per heavy atom. The second kappa shape index (κ2) is 11.4. The van der Waals surface area contributed by atoms with E-state index in [1.165, 1.54) is 17.9 Å². The van der Waals surface area contributed by atoms with E-state index in [1.54, 1.807) is 36.4 Å². The molecule has 3 aromatic carbocycles. The molecule has 188 valence electrons. The maximum absolute atomic E-state index is 13.7. The zero-order valence-electron chi connectivity index (χ0n) is 19.5. The van der Waals surface area contributed by atoms with Crippen LogP contribution < -0.4 is 5.48 Å². The molecule has 1 aliphatic rings. The molecule has 1 heterocycles. The zero-order chi connectivity index (χ0) is 25.8. The van der Waals surface area contributed by atoms with Gasteiger partial charge in [0.2, 0.25) is 0 Å². The third kappa shape index (κ3) is 5.26. The Hall–Kier alpha value is -2.94. The van der Waals surface area contributed by atoms with Crippen LogP contribution in [0.25, 0.3) is 0 Å². The molecule has 3 aromatic rings. The number of fused-ring (bicyclic) bond motifs is 1. The lowest BCUT2D eigenvalue weighted by Gasteiger charge is -2.46. The molecule has 4 atom stereocenters. The summed E-state index contributed by atoms with van der Waals surface area (Å²) in [5, 5.41) is 21.3. The molecular formula is C27H26Cl2N2O5. The van der Waals surface area contributed by atoms with Gasteiger partial charge < -0.3 is 15.1 Å². The Labute approximate surface area is 219 Å². The van der Waals surface area contributed by atoms with Crippen molar-refractivity contribution in [1.29, 1.82) is 0 Å². The number of aliphatic hydroxyl groups is 2. The van der Waals surface area contributed by atoms with Gasteiger partial charge in [0, 0.05) is 15.6 Å². The number of amides is 2. The molecule has 0 spiro atoms. The highest BCUT2D eigenvalue weighted by Gasteiger charge is 2.48. The first-order chi connectivity index (χ1) is 17.3. The Balaban J connectivity index is 1.80. The first kappa shape index (κ1) is 26.1. The number of carbonyl (C=O) groups excluding carboxylic acids is 2. The van der Waals surface area contributed by atoms with E-state index in [4.69, 9.17) is 28.0 Å². The summed E-state index contributed by atoms with van der Waals surface area (Å²) in [5.41, 5.74) is 4.62. The molecule has 36 heavy (non-hydrogen) atoms. The third-order valence-electron chi connectivity index (χ3n) is 6.30. The minimum atomic E-state index is -1.09. The largest absolute Gasteiger partial charge is 0.394 e. The average molecular weight is 529 g/mol. The molecule has 2 amide bonds. The zero-order valence-corrected chi connectivity index (χ0v) is 21.0. The molecule has 0 bridgehead atoms. The molecule has 4 rings (SSSR count). The lowest BCUT2D eigenvalue weighted by Crippen LogP contribution is -2.55. The Bertz CT molecular complexity index is 1240. The fourth-order valence-electron chi connectivity index (χ4n) is 4.57. The number of benzene rings is 3. The molecule has 0 aromatic heterocycles. The van der Waals surface area contributed by atoms with Crippen molar-refractivity contribution in [2.24, 2.45) is 0 Å². The number of nitrogens with zero attached hydrogens (tertiary/aromatic N) is 1. The van der Waals surface area contributed by atoms with Gasteiger partial charge in [-0.15, -0.1) is 0 Å². The predicted octanol–water partition coefficient (Wildman–Crippen LogP) is 4.26. The smallest absolute Gasteiger partial charge is 0.255 e. The summed E-state index contributed by atoms with van der Waals surface area (Å²) in [6.07, 6.45) is -1.09. The molecule has 1 aliphatic heterocycles. The predicted molar refractivity (Wildman–Crippen MR) is 136 cm³/mol. The van der Waals surface area contributed by atoms with Crippen molar-refractivity contribution >= 4 is 35.0 Å². The number of hydroxylamine groups is 1. The van der Waals surface area contributed by atoms with Crippen LogP contribution in [0.2, 0.25) is 10.0 Å². The lowest BCUT2D eigenvalue weighted by atomic mass is 9.78. The second-order valence-corrected chi connectivity index (χ2v) is 9.46. The highest BCUT2D eigenvalue weighted by molar-refractivity contribution is 6.35. The van der Waals surface area contributed by atoms with Crippen LogP contribution in [0.4, 0.5) is 0 Å². The summed E-state index contributed by atoms with van der Waals surface area (Å²) in [7, 11) is 0. The molecule has 0 fully saturated rings. The van der Waals surface area contributed by atoms with Crippen molar-refractivity contribution in [2.75, 3.05) is 6.61 Å². The van der Waals surface area contributed by atoms with Crippen LogP contribution in [0.3, 0.4) is 0 Å². The van der Waals surface area contributed by atoms with Crippen molar-refractivity contribution in [2.45, 2.75) is 37.6 Å². The summed E-state index contributed by atoms with van der Waals surface area (Å²) in [6.45, 7) is 1.10. The fraction of sp³-hybridized carbons (Fsp3) is 0.259. The second-order valence-electron chi connectivity index (χ2n) is 8.62. The maximum Gasteiger partial charge on any atom is 0.255 e. The van der Waals surface area contributed by atoms with Gasteiger partial charge in [-0.2, -0.15) is 0 Å². The van der Waals surface area contributed by atoms with Crippen molar-refractivity contribution in [3.63, 3.8) is 0 Å². The average Bonchev–Trinajstić information content (AvgIpc) is 2.86. The van der Waals surface area contributed by atoms with Crippen molar-refractivity contribution in [3.8, 4) is 0 Å². The summed E-state index contributed by atoms with van der Waals surface area (Å²) >= 11 is 12.7. The Morgan fingerprint density at radius 1 is 1.06 bits per heavy atom. The molecule has 1 unspecified atom stereocenters. The van der Waals surface area contributed by atoms with Crippen LogP contribution in [-0.2, 0) is 16.2 Å². The van der Waals surface area contributed by atoms with E-state index in [0.717, 1.165) is 5.56 Å². The first-order valence-corrected chi connectivity index (χ1v) is 12.2. The van der Waals surface area contributed by atoms with Crippen molar-refractivity contribution in [3.05, 3.63) is 105 Å². The van der Waals surface area contributed by atoms with Crippen LogP contribution in [0.1, 0.15) is 45.9 Å². The molecule has 3 N–H and O–H groups in total. The Kier molecular flexibility index (Phi) is 8.28. The van der Waals surface area contributed by atoms with E-state index in [0.29, 0.717) is 21.7 Å². The topological polar surface area (TPSA) is 99.1 Å². The minimum absolute atomic E-state index is 0.142. The van der Waals surface area contributed by atoms with E-state index >= 15 is 0 Å². The van der Waals surface area contributed by atoms with Gasteiger partial charge in [0.1, 0.15) is 0 Å². The number of aliphatic hydroxyl groups excluding tert-OH is 2. The SMILES string of the molecule is C[C@H](O)C(CO)N1C(=O)c2ccccc2[C@@H](C(=O)NOCc2ccccc2)[C@@H]1c1ccc(Cl)cc1Cl. The number of hydrogen-bond donors (Lipinski definition) is 3. The number of carbonyl (C=O) groups is 2. The standard InChI is InChI=1S/C27H26Cl2N2O5/c1-16(33)23(14-32)31-25(21-12-11-18(28)13-22(21)29)24(19-9-5-6-10-20(19)27(31)35)26(34)30-36-15-17-7-3-2-4-8-17/h2-13,16,23-25,32-33H,14-15H2,1H3,(H,30,34)/t16-,23?,24+,25-/m0/s1. The van der Waals surface area contributed by atoms with E-state index in [9.17, 15) is 19.8 Å². The number of nitrogens with one attached hydrogen (secondary N) is 1. The van der Waals surface area contributed by atoms with Gasteiger partial charge in [0.15, 0.2) is 0 Å². The van der Waals surface area contributed by atoms with Crippen LogP contribution >= 0.6 is 23.2 Å². The normalized spacial score (nSPS) is 18.9. The summed E-state index contributed by atoms with van der Waals surface area (Å²) in [5.74, 6) is -1.90. The molecular weight excluding hydrogens is 503 g/mol. The van der Waals surface area contributed by atoms with Gasteiger partial charge in [0.25, 0.3) is 11.8 Å². The first-order valence-electron chi connectivity index (χ1n) is 11.4. The van der Waals surface area contributed by atoms with Gasteiger partial charge in [0.05, 0.1) is 37.3 Å². The van der Waals surface area contributed by atoms with Gasteiger partial charge in [-0.25, -0.2) is 5.48 Å². The van der Waals surface area contributed by atoms with E-state index in [1.807, 2.05) is 30.3 Å². The van der Waals surface area contributed by atoms with Crippen LogP contribution in [-0.4, -0.2) is 45.7 Å². The van der Waals surface area contributed by atoms with Gasteiger partial charge in [-0.05, 0) is 41.8 Å². The molecule has 0 saturated carbocycles. The fourth-order valence-corrected chi connectivity index (χ4v) is 5.09. The number of hydrogen-bond acceptors (Lipinski definition) is 5. The Morgan fingerprint density at radius 3 is 2.42 bits per heavy atom. The van der Waals surface area contributed by atoms with Crippen LogP contribution in [0, 0.1) is 0 Å². The van der Waals surface area contributed by atoms with Gasteiger partial charge in [-0.1, -0.05) is 77.8 Å². The van der Waals surface area contributed by atoms with Crippen LogP contribution in [0.15, 0.2) is 72.8 Å². The van der Waals surface area contributed by atoms with E-state index < -0.39 is 42.5 Å². The number of halogens is 2. The highest BCUT2D eigenvalue weighted by atomic mass is 35.5. The lowest BCUT2D eigenvalue weighted by molar-refractivity contribution is -0.138. The van der Waals surface area contributed by atoms with Crippen molar-refractivity contribution < 1.29 is 24.6 Å². The van der Waals surface area contributed by atoms with Gasteiger partial charge >= 0.3 is 0 Å². The third-order valence-corrected chi connectivity index (χ3v) is 6.86. The monoisotopic (exact) mass is 528 g/mol. The maximum atomic E-state index is 13.7. The molecule has 0 saturated heterocycles. The number of rotatable bonds is 8. The van der Waals surface area contributed by atoms with Gasteiger partial charge in [-0.3, -0.25) is 14.4 Å².